The molecule has 6 nitrogen and oxygen atoms in total. The van der Waals surface area contributed by atoms with Crippen molar-refractivity contribution < 1.29 is 23.8 Å². The summed E-state index contributed by atoms with van der Waals surface area (Å²) in [4.78, 5) is 26.5. The number of nitrogens with zero attached hydrogens (tertiary/aromatic N) is 2. The van der Waals surface area contributed by atoms with Crippen molar-refractivity contribution in [3.05, 3.63) is 0 Å². The van der Waals surface area contributed by atoms with Crippen LogP contribution >= 0.6 is 0 Å². The molecular formula is C15H25FN2O4. The minimum atomic E-state index is -2.12. The van der Waals surface area contributed by atoms with Gasteiger partial charge in [0.05, 0.1) is 0 Å². The quantitative estimate of drug-likeness (QED) is 0.842. The zero-order chi connectivity index (χ0) is 16.5. The molecule has 2 fully saturated rings. The lowest BCUT2D eigenvalue weighted by Gasteiger charge is -2.37. The number of piperidine rings is 1. The van der Waals surface area contributed by atoms with E-state index in [1.165, 1.54) is 0 Å². The molecule has 2 aliphatic heterocycles. The number of carbonyl (C=O) groups excluding carboxylic acids is 1. The summed E-state index contributed by atoms with van der Waals surface area (Å²) in [6, 6.07) is 0.135. The van der Waals surface area contributed by atoms with Gasteiger partial charge in [-0.25, -0.2) is 14.0 Å². The lowest BCUT2D eigenvalue weighted by atomic mass is 10.0. The molecule has 0 spiro atoms. The largest absolute Gasteiger partial charge is 0.479 e. The van der Waals surface area contributed by atoms with Gasteiger partial charge in [-0.05, 0) is 33.6 Å². The number of likely N-dealkylation sites (tertiary alicyclic amines) is 2. The second kappa shape index (κ2) is 6.02. The highest BCUT2D eigenvalue weighted by atomic mass is 19.1. The number of aliphatic carboxylic acids is 1. The summed E-state index contributed by atoms with van der Waals surface area (Å²) in [5.41, 5.74) is -2.64. The minimum absolute atomic E-state index is 0.0363. The highest BCUT2D eigenvalue weighted by molar-refractivity contribution is 5.78. The number of halogens is 1. The Balaban J connectivity index is 1.83. The SMILES string of the molecule is CC(C)(C)OC(=O)N1CCC(N2CCC(F)(C(=O)O)C2)CC1. The summed E-state index contributed by atoms with van der Waals surface area (Å²) in [5, 5.41) is 8.94. The molecule has 0 saturated carbocycles. The van der Waals surface area contributed by atoms with Gasteiger partial charge in [-0.15, -0.1) is 0 Å². The summed E-state index contributed by atoms with van der Waals surface area (Å²) in [6.45, 7) is 7.00. The van der Waals surface area contributed by atoms with Crippen molar-refractivity contribution in [2.24, 2.45) is 0 Å². The number of hydrogen-bond acceptors (Lipinski definition) is 4. The number of carboxylic acid groups (broad SMARTS) is 1. The Labute approximate surface area is 130 Å². The molecule has 2 rings (SSSR count). The second-order valence-electron chi connectivity index (χ2n) is 7.19. The fourth-order valence-corrected chi connectivity index (χ4v) is 3.03. The molecular weight excluding hydrogens is 291 g/mol. The van der Waals surface area contributed by atoms with Gasteiger partial charge >= 0.3 is 12.1 Å². The van der Waals surface area contributed by atoms with E-state index in [9.17, 15) is 14.0 Å². The van der Waals surface area contributed by atoms with Gasteiger partial charge in [-0.2, -0.15) is 0 Å². The Hall–Kier alpha value is -1.37. The van der Waals surface area contributed by atoms with E-state index < -0.39 is 17.2 Å². The van der Waals surface area contributed by atoms with Gasteiger partial charge in [-0.1, -0.05) is 0 Å². The average Bonchev–Trinajstić information content (AvgIpc) is 2.81. The van der Waals surface area contributed by atoms with Gasteiger partial charge in [0, 0.05) is 38.6 Å². The topological polar surface area (TPSA) is 70.1 Å². The Bertz CT molecular complexity index is 443. The predicted octanol–water partition coefficient (Wildman–Crippen LogP) is 1.88. The van der Waals surface area contributed by atoms with Crippen molar-refractivity contribution in [2.75, 3.05) is 26.2 Å². The molecule has 1 atom stereocenters. The van der Waals surface area contributed by atoms with E-state index in [1.54, 1.807) is 4.90 Å². The number of rotatable bonds is 2. The highest BCUT2D eigenvalue weighted by Crippen LogP contribution is 2.30. The molecule has 7 heteroatoms. The summed E-state index contributed by atoms with van der Waals surface area (Å²) in [6.07, 6.45) is 1.15. The normalized spacial score (nSPS) is 27.9. The number of amides is 1. The van der Waals surface area contributed by atoms with Crippen molar-refractivity contribution in [1.82, 2.24) is 9.80 Å². The van der Waals surface area contributed by atoms with Crippen molar-refractivity contribution in [1.29, 1.82) is 0 Å². The number of ether oxygens (including phenoxy) is 1. The zero-order valence-electron chi connectivity index (χ0n) is 13.5. The smallest absolute Gasteiger partial charge is 0.410 e. The average molecular weight is 316 g/mol. The van der Waals surface area contributed by atoms with Crippen molar-refractivity contribution in [2.45, 2.75) is 57.3 Å². The molecule has 1 amide bonds. The maximum absolute atomic E-state index is 14.1. The van der Waals surface area contributed by atoms with Crippen molar-refractivity contribution in [3.63, 3.8) is 0 Å². The van der Waals surface area contributed by atoms with Crippen LogP contribution in [0.1, 0.15) is 40.0 Å². The van der Waals surface area contributed by atoms with Gasteiger partial charge in [0.1, 0.15) is 5.60 Å². The molecule has 0 aliphatic carbocycles. The highest BCUT2D eigenvalue weighted by Gasteiger charge is 2.47. The van der Waals surface area contributed by atoms with Crippen LogP contribution in [-0.4, -0.2) is 70.5 Å². The third kappa shape index (κ3) is 3.88. The predicted molar refractivity (Wildman–Crippen MR) is 78.5 cm³/mol. The van der Waals surface area contributed by atoms with E-state index in [2.05, 4.69) is 0 Å². The summed E-state index contributed by atoms with van der Waals surface area (Å²) in [7, 11) is 0. The van der Waals surface area contributed by atoms with E-state index in [0.717, 1.165) is 12.8 Å². The number of alkyl halides is 1. The molecule has 1 N–H and O–H groups in total. The minimum Gasteiger partial charge on any atom is -0.479 e. The zero-order valence-corrected chi connectivity index (χ0v) is 13.5. The summed E-state index contributed by atoms with van der Waals surface area (Å²) in [5.74, 6) is -1.37. The molecule has 0 aromatic carbocycles. The van der Waals surface area contributed by atoms with Crippen LogP contribution in [0.3, 0.4) is 0 Å². The lowest BCUT2D eigenvalue weighted by molar-refractivity contribution is -0.150. The molecule has 22 heavy (non-hydrogen) atoms. The Kier molecular flexibility index (Phi) is 4.65. The molecule has 2 saturated heterocycles. The molecule has 0 aromatic rings. The first kappa shape index (κ1) is 17.0. The van der Waals surface area contributed by atoms with Crippen LogP contribution in [0.5, 0.6) is 0 Å². The van der Waals surface area contributed by atoms with Crippen molar-refractivity contribution >= 4 is 12.1 Å². The van der Waals surface area contributed by atoms with Gasteiger partial charge < -0.3 is 14.7 Å². The van der Waals surface area contributed by atoms with Crippen LogP contribution in [0.4, 0.5) is 9.18 Å². The van der Waals surface area contributed by atoms with Crippen LogP contribution in [0, 0.1) is 0 Å². The Morgan fingerprint density at radius 3 is 2.27 bits per heavy atom. The molecule has 0 radical (unpaired) electrons. The second-order valence-corrected chi connectivity index (χ2v) is 7.19. The number of carboxylic acids is 1. The molecule has 0 aromatic heterocycles. The molecule has 0 bridgehead atoms. The fourth-order valence-electron chi connectivity index (χ4n) is 3.03. The maximum atomic E-state index is 14.1. The van der Waals surface area contributed by atoms with Crippen LogP contribution in [-0.2, 0) is 9.53 Å². The first-order valence-electron chi connectivity index (χ1n) is 7.75. The van der Waals surface area contributed by atoms with E-state index in [4.69, 9.17) is 9.84 Å². The molecule has 2 heterocycles. The number of carbonyl (C=O) groups is 2. The van der Waals surface area contributed by atoms with E-state index >= 15 is 0 Å². The third-order valence-electron chi connectivity index (χ3n) is 4.26. The standard InChI is InChI=1S/C15H25FN2O4/c1-14(2,3)22-13(21)17-7-4-11(5-8-17)18-9-6-15(16,10-18)12(19)20/h11H,4-10H2,1-3H3,(H,19,20). The van der Waals surface area contributed by atoms with E-state index in [0.29, 0.717) is 19.6 Å². The summed E-state index contributed by atoms with van der Waals surface area (Å²) >= 11 is 0. The van der Waals surface area contributed by atoms with Crippen LogP contribution < -0.4 is 0 Å². The molecule has 1 unspecified atom stereocenters. The van der Waals surface area contributed by atoms with Gasteiger partial charge in [0.2, 0.25) is 5.67 Å². The number of hydrogen-bond donors (Lipinski definition) is 1. The third-order valence-corrected chi connectivity index (χ3v) is 4.26. The Morgan fingerprint density at radius 1 is 1.23 bits per heavy atom. The van der Waals surface area contributed by atoms with Gasteiger partial charge in [0.25, 0.3) is 0 Å². The molecule has 2 aliphatic rings. The monoisotopic (exact) mass is 316 g/mol. The van der Waals surface area contributed by atoms with Crippen LogP contribution in [0.2, 0.25) is 0 Å². The Morgan fingerprint density at radius 2 is 1.82 bits per heavy atom. The maximum Gasteiger partial charge on any atom is 0.410 e. The first-order valence-corrected chi connectivity index (χ1v) is 7.75. The first-order chi connectivity index (χ1) is 10.1. The van der Waals surface area contributed by atoms with Gasteiger partial charge in [0.15, 0.2) is 0 Å². The summed E-state index contributed by atoms with van der Waals surface area (Å²) < 4.78 is 19.4. The van der Waals surface area contributed by atoms with Crippen LogP contribution in [0.25, 0.3) is 0 Å². The van der Waals surface area contributed by atoms with Crippen molar-refractivity contribution in [3.8, 4) is 0 Å². The van der Waals surface area contributed by atoms with Crippen LogP contribution in [0.15, 0.2) is 0 Å². The fraction of sp³-hybridized carbons (Fsp3) is 0.867. The lowest BCUT2D eigenvalue weighted by Crippen LogP contribution is -2.48. The van der Waals surface area contributed by atoms with E-state index in [1.807, 2.05) is 25.7 Å². The molecule has 126 valence electrons. The van der Waals surface area contributed by atoms with Gasteiger partial charge in [-0.3, -0.25) is 4.90 Å². The van der Waals surface area contributed by atoms with E-state index in [-0.39, 0.29) is 25.1 Å².